The molecule has 1 atom stereocenters. The van der Waals surface area contributed by atoms with E-state index in [1.165, 1.54) is 19.4 Å². The summed E-state index contributed by atoms with van der Waals surface area (Å²) in [6.07, 6.45) is 4.36. The summed E-state index contributed by atoms with van der Waals surface area (Å²) in [4.78, 5) is 11.2. The number of likely N-dealkylation sites (N-methyl/N-ethyl adjacent to an activating group) is 1. The van der Waals surface area contributed by atoms with Gasteiger partial charge in [0.1, 0.15) is 5.82 Å². The molecule has 0 radical (unpaired) electrons. The summed E-state index contributed by atoms with van der Waals surface area (Å²) in [5.41, 5.74) is 1.07. The van der Waals surface area contributed by atoms with Crippen LogP contribution in [0.3, 0.4) is 0 Å². The Bertz CT molecular complexity index is 311. The minimum absolute atomic E-state index is 0.536. The van der Waals surface area contributed by atoms with E-state index in [9.17, 15) is 0 Å². The van der Waals surface area contributed by atoms with Crippen LogP contribution in [-0.4, -0.2) is 35.0 Å². The first kappa shape index (κ1) is 9.59. The molecule has 1 aromatic rings. The van der Waals surface area contributed by atoms with Crippen LogP contribution in [0, 0.1) is 6.92 Å². The molecule has 0 aromatic carbocycles. The van der Waals surface area contributed by atoms with Crippen molar-refractivity contribution in [1.82, 2.24) is 14.9 Å². The SMILES string of the molecule is Cc1ccnc(C2CCCN(C)C2)n1. The van der Waals surface area contributed by atoms with Gasteiger partial charge in [0.2, 0.25) is 0 Å². The highest BCUT2D eigenvalue weighted by molar-refractivity contribution is 5.05. The van der Waals surface area contributed by atoms with Crippen LogP contribution in [0.25, 0.3) is 0 Å². The lowest BCUT2D eigenvalue weighted by Crippen LogP contribution is -2.31. The molecule has 2 rings (SSSR count). The topological polar surface area (TPSA) is 29.0 Å². The van der Waals surface area contributed by atoms with Crippen LogP contribution < -0.4 is 0 Å². The van der Waals surface area contributed by atoms with Crippen molar-refractivity contribution in [2.75, 3.05) is 20.1 Å². The molecule has 0 bridgehead atoms. The number of hydrogen-bond acceptors (Lipinski definition) is 3. The second kappa shape index (κ2) is 4.05. The van der Waals surface area contributed by atoms with Crippen molar-refractivity contribution in [3.05, 3.63) is 23.8 Å². The zero-order chi connectivity index (χ0) is 9.97. The van der Waals surface area contributed by atoms with Gasteiger partial charge in [0.15, 0.2) is 0 Å². The average Bonchev–Trinajstić information content (AvgIpc) is 2.18. The van der Waals surface area contributed by atoms with Crippen LogP contribution in [0.2, 0.25) is 0 Å². The zero-order valence-corrected chi connectivity index (χ0v) is 8.90. The normalized spacial score (nSPS) is 23.7. The van der Waals surface area contributed by atoms with Crippen molar-refractivity contribution in [3.63, 3.8) is 0 Å². The molecule has 1 unspecified atom stereocenters. The second-order valence-corrected chi connectivity index (χ2v) is 4.16. The van der Waals surface area contributed by atoms with Crippen LogP contribution in [0.1, 0.15) is 30.3 Å². The number of aryl methyl sites for hydroxylation is 1. The van der Waals surface area contributed by atoms with E-state index in [1.54, 1.807) is 0 Å². The molecule has 1 saturated heterocycles. The second-order valence-electron chi connectivity index (χ2n) is 4.16. The molecule has 1 fully saturated rings. The first-order chi connectivity index (χ1) is 6.75. The van der Waals surface area contributed by atoms with Crippen LogP contribution in [-0.2, 0) is 0 Å². The predicted octanol–water partition coefficient (Wildman–Crippen LogP) is 1.59. The molecule has 14 heavy (non-hydrogen) atoms. The molecule has 2 heterocycles. The van der Waals surface area contributed by atoms with Gasteiger partial charge in [-0.1, -0.05) is 0 Å². The molecular weight excluding hydrogens is 174 g/mol. The van der Waals surface area contributed by atoms with E-state index in [0.29, 0.717) is 5.92 Å². The van der Waals surface area contributed by atoms with Crippen molar-refractivity contribution in [2.24, 2.45) is 0 Å². The molecular formula is C11H17N3. The van der Waals surface area contributed by atoms with Gasteiger partial charge in [-0.15, -0.1) is 0 Å². The third-order valence-corrected chi connectivity index (χ3v) is 2.80. The van der Waals surface area contributed by atoms with E-state index in [-0.39, 0.29) is 0 Å². The zero-order valence-electron chi connectivity index (χ0n) is 8.90. The quantitative estimate of drug-likeness (QED) is 0.675. The molecule has 3 heteroatoms. The summed E-state index contributed by atoms with van der Waals surface area (Å²) in [5, 5.41) is 0. The van der Waals surface area contributed by atoms with E-state index < -0.39 is 0 Å². The van der Waals surface area contributed by atoms with Gasteiger partial charge in [0.05, 0.1) is 0 Å². The highest BCUT2D eigenvalue weighted by Gasteiger charge is 2.20. The lowest BCUT2D eigenvalue weighted by atomic mass is 9.97. The Hall–Kier alpha value is -0.960. The van der Waals surface area contributed by atoms with Gasteiger partial charge in [-0.3, -0.25) is 0 Å². The van der Waals surface area contributed by atoms with E-state index in [1.807, 2.05) is 19.2 Å². The molecule has 1 aliphatic heterocycles. The third-order valence-electron chi connectivity index (χ3n) is 2.80. The average molecular weight is 191 g/mol. The number of likely N-dealkylation sites (tertiary alicyclic amines) is 1. The molecule has 1 aliphatic rings. The summed E-state index contributed by atoms with van der Waals surface area (Å²) in [7, 11) is 2.17. The molecule has 0 N–H and O–H groups in total. The smallest absolute Gasteiger partial charge is 0.132 e. The van der Waals surface area contributed by atoms with Crippen LogP contribution >= 0.6 is 0 Å². The highest BCUT2D eigenvalue weighted by Crippen LogP contribution is 2.23. The first-order valence-electron chi connectivity index (χ1n) is 5.24. The number of rotatable bonds is 1. The lowest BCUT2D eigenvalue weighted by Gasteiger charge is -2.28. The Labute approximate surface area is 85.2 Å². The fourth-order valence-electron chi connectivity index (χ4n) is 2.04. The largest absolute Gasteiger partial charge is 0.306 e. The summed E-state index contributed by atoms with van der Waals surface area (Å²) < 4.78 is 0. The van der Waals surface area contributed by atoms with Crippen molar-refractivity contribution in [1.29, 1.82) is 0 Å². The molecule has 0 saturated carbocycles. The predicted molar refractivity (Wildman–Crippen MR) is 56.2 cm³/mol. The Balaban J connectivity index is 2.14. The van der Waals surface area contributed by atoms with Crippen molar-refractivity contribution < 1.29 is 0 Å². The molecule has 76 valence electrons. The van der Waals surface area contributed by atoms with Crippen molar-refractivity contribution in [3.8, 4) is 0 Å². The maximum atomic E-state index is 4.49. The minimum Gasteiger partial charge on any atom is -0.306 e. The highest BCUT2D eigenvalue weighted by atomic mass is 15.1. The number of aromatic nitrogens is 2. The van der Waals surface area contributed by atoms with E-state index in [0.717, 1.165) is 18.1 Å². The van der Waals surface area contributed by atoms with Crippen LogP contribution in [0.5, 0.6) is 0 Å². The molecule has 1 aromatic heterocycles. The Kier molecular flexibility index (Phi) is 2.77. The molecule has 0 spiro atoms. The van der Waals surface area contributed by atoms with Crippen molar-refractivity contribution >= 4 is 0 Å². The van der Waals surface area contributed by atoms with Gasteiger partial charge < -0.3 is 4.90 Å². The number of piperidine rings is 1. The van der Waals surface area contributed by atoms with Crippen LogP contribution in [0.4, 0.5) is 0 Å². The molecule has 0 amide bonds. The summed E-state index contributed by atoms with van der Waals surface area (Å²) in [5.74, 6) is 1.56. The maximum Gasteiger partial charge on any atom is 0.132 e. The van der Waals surface area contributed by atoms with Gasteiger partial charge >= 0.3 is 0 Å². The minimum atomic E-state index is 0.536. The summed E-state index contributed by atoms with van der Waals surface area (Å²) >= 11 is 0. The Morgan fingerprint density at radius 2 is 2.36 bits per heavy atom. The van der Waals surface area contributed by atoms with Gasteiger partial charge in [-0.2, -0.15) is 0 Å². The standard InChI is InChI=1S/C11H17N3/c1-9-5-6-12-11(13-9)10-4-3-7-14(2)8-10/h5-6,10H,3-4,7-8H2,1-2H3. The van der Waals surface area contributed by atoms with Gasteiger partial charge in [0.25, 0.3) is 0 Å². The monoisotopic (exact) mass is 191 g/mol. The van der Waals surface area contributed by atoms with Crippen molar-refractivity contribution in [2.45, 2.75) is 25.7 Å². The van der Waals surface area contributed by atoms with Gasteiger partial charge in [-0.25, -0.2) is 9.97 Å². The summed E-state index contributed by atoms with van der Waals surface area (Å²) in [6.45, 7) is 4.34. The number of hydrogen-bond donors (Lipinski definition) is 0. The molecule has 3 nitrogen and oxygen atoms in total. The van der Waals surface area contributed by atoms with Crippen LogP contribution in [0.15, 0.2) is 12.3 Å². The van der Waals surface area contributed by atoms with E-state index in [2.05, 4.69) is 21.9 Å². The van der Waals surface area contributed by atoms with E-state index >= 15 is 0 Å². The summed E-state index contributed by atoms with van der Waals surface area (Å²) in [6, 6.07) is 1.95. The van der Waals surface area contributed by atoms with Gasteiger partial charge in [-0.05, 0) is 39.4 Å². The Morgan fingerprint density at radius 3 is 3.07 bits per heavy atom. The van der Waals surface area contributed by atoms with E-state index in [4.69, 9.17) is 0 Å². The number of nitrogens with zero attached hydrogens (tertiary/aromatic N) is 3. The molecule has 0 aliphatic carbocycles. The maximum absolute atomic E-state index is 4.49. The lowest BCUT2D eigenvalue weighted by molar-refractivity contribution is 0.245. The Morgan fingerprint density at radius 1 is 1.50 bits per heavy atom. The fourth-order valence-corrected chi connectivity index (χ4v) is 2.04. The van der Waals surface area contributed by atoms with Gasteiger partial charge in [0, 0.05) is 24.4 Å². The fraction of sp³-hybridized carbons (Fsp3) is 0.636. The third kappa shape index (κ3) is 2.10. The first-order valence-corrected chi connectivity index (χ1v) is 5.24.